The lowest BCUT2D eigenvalue weighted by Gasteiger charge is -2.14. The summed E-state index contributed by atoms with van der Waals surface area (Å²) in [5, 5.41) is 5.63. The van der Waals surface area contributed by atoms with E-state index in [0.717, 1.165) is 18.4 Å². The summed E-state index contributed by atoms with van der Waals surface area (Å²) >= 11 is 0. The Kier molecular flexibility index (Phi) is 7.79. The van der Waals surface area contributed by atoms with Crippen molar-refractivity contribution >= 4 is 29.9 Å². The van der Waals surface area contributed by atoms with E-state index in [1.807, 2.05) is 30.3 Å². The van der Waals surface area contributed by atoms with Gasteiger partial charge >= 0.3 is 0 Å². The Morgan fingerprint density at radius 2 is 1.93 bits per heavy atom. The summed E-state index contributed by atoms with van der Waals surface area (Å²) in [6.07, 6.45) is 1.21. The van der Waals surface area contributed by atoms with Gasteiger partial charge in [0.1, 0.15) is 6.10 Å². The van der Waals surface area contributed by atoms with Crippen molar-refractivity contribution < 1.29 is 14.3 Å². The zero-order chi connectivity index (χ0) is 18.4. The highest BCUT2D eigenvalue weighted by molar-refractivity contribution is 5.98. The van der Waals surface area contributed by atoms with Crippen molar-refractivity contribution in [1.29, 1.82) is 0 Å². The molecule has 3 rings (SSSR count). The predicted molar refractivity (Wildman–Crippen MR) is 107 cm³/mol. The third kappa shape index (κ3) is 5.79. The number of nitrogens with one attached hydrogen (secondary N) is 2. The number of carbonyl (C=O) groups excluding carboxylic acids is 2. The van der Waals surface area contributed by atoms with Crippen LogP contribution in [-0.4, -0.2) is 31.1 Å². The highest BCUT2D eigenvalue weighted by Crippen LogP contribution is 2.16. The summed E-state index contributed by atoms with van der Waals surface area (Å²) in [6.45, 7) is 0.942. The highest BCUT2D eigenvalue weighted by Gasteiger charge is 2.23. The molecule has 2 unspecified atom stereocenters. The van der Waals surface area contributed by atoms with Gasteiger partial charge < -0.3 is 21.1 Å². The van der Waals surface area contributed by atoms with Gasteiger partial charge in [0.15, 0.2) is 0 Å². The average Bonchev–Trinajstić information content (AvgIpc) is 3.22. The first-order chi connectivity index (χ1) is 12.6. The first kappa shape index (κ1) is 20.9. The Balaban J connectivity index is 0.00000261. The molecule has 0 bridgehead atoms. The van der Waals surface area contributed by atoms with Crippen LogP contribution >= 0.6 is 12.4 Å². The van der Waals surface area contributed by atoms with Gasteiger partial charge in [-0.15, -0.1) is 12.4 Å². The molecule has 7 heteroatoms. The zero-order valence-corrected chi connectivity index (χ0v) is 15.7. The average molecular weight is 390 g/mol. The van der Waals surface area contributed by atoms with Gasteiger partial charge in [0.2, 0.25) is 0 Å². The molecule has 4 N–H and O–H groups in total. The summed E-state index contributed by atoms with van der Waals surface area (Å²) in [5.74, 6) is -0.407. The summed E-state index contributed by atoms with van der Waals surface area (Å²) in [7, 11) is 0. The van der Waals surface area contributed by atoms with E-state index >= 15 is 0 Å². The third-order valence-corrected chi connectivity index (χ3v) is 4.32. The maximum absolute atomic E-state index is 12.4. The van der Waals surface area contributed by atoms with E-state index in [-0.39, 0.29) is 30.3 Å². The highest BCUT2D eigenvalue weighted by atomic mass is 35.5. The van der Waals surface area contributed by atoms with Crippen molar-refractivity contribution in [3.8, 4) is 0 Å². The van der Waals surface area contributed by atoms with Gasteiger partial charge in [-0.25, -0.2) is 0 Å². The van der Waals surface area contributed by atoms with Gasteiger partial charge in [0.05, 0.1) is 0 Å². The van der Waals surface area contributed by atoms with E-state index in [4.69, 9.17) is 10.5 Å². The van der Waals surface area contributed by atoms with Gasteiger partial charge in [-0.1, -0.05) is 36.4 Å². The number of hydrogen-bond acceptors (Lipinski definition) is 4. The largest absolute Gasteiger partial charge is 0.368 e. The Labute approximate surface area is 164 Å². The van der Waals surface area contributed by atoms with Crippen LogP contribution in [0.15, 0.2) is 54.6 Å². The maximum Gasteiger partial charge on any atom is 0.253 e. The molecule has 2 aromatic carbocycles. The molecule has 0 spiro atoms. The lowest BCUT2D eigenvalue weighted by molar-refractivity contribution is -0.124. The van der Waals surface area contributed by atoms with Crippen LogP contribution in [0.2, 0.25) is 0 Å². The van der Waals surface area contributed by atoms with E-state index in [0.29, 0.717) is 24.4 Å². The molecule has 0 aliphatic carbocycles. The molecule has 0 aromatic heterocycles. The molecule has 1 saturated heterocycles. The van der Waals surface area contributed by atoms with E-state index in [9.17, 15) is 9.59 Å². The molecule has 144 valence electrons. The molecule has 2 atom stereocenters. The molecule has 6 nitrogen and oxygen atoms in total. The fourth-order valence-corrected chi connectivity index (χ4v) is 2.87. The van der Waals surface area contributed by atoms with Crippen molar-refractivity contribution in [2.24, 2.45) is 5.73 Å². The minimum absolute atomic E-state index is 0. The molecule has 2 amide bonds. The van der Waals surface area contributed by atoms with Crippen molar-refractivity contribution in [3.63, 3.8) is 0 Å². The van der Waals surface area contributed by atoms with E-state index in [1.165, 1.54) is 0 Å². The van der Waals surface area contributed by atoms with Crippen LogP contribution in [0.5, 0.6) is 0 Å². The van der Waals surface area contributed by atoms with Crippen LogP contribution in [0.3, 0.4) is 0 Å². The minimum atomic E-state index is -0.406. The van der Waals surface area contributed by atoms with Crippen LogP contribution in [0.1, 0.15) is 34.8 Å². The molecule has 2 aromatic rings. The predicted octanol–water partition coefficient (Wildman–Crippen LogP) is 2.66. The molecule has 1 aliphatic heterocycles. The number of halogens is 1. The van der Waals surface area contributed by atoms with Gasteiger partial charge in [0.25, 0.3) is 11.8 Å². The molecular weight excluding hydrogens is 366 g/mol. The Bertz CT molecular complexity index is 764. The quantitative estimate of drug-likeness (QED) is 0.708. The maximum atomic E-state index is 12.4. The monoisotopic (exact) mass is 389 g/mol. The summed E-state index contributed by atoms with van der Waals surface area (Å²) in [5.41, 5.74) is 8.11. The van der Waals surface area contributed by atoms with Crippen LogP contribution in [-0.2, 0) is 9.53 Å². The van der Waals surface area contributed by atoms with Crippen molar-refractivity contribution in [2.75, 3.05) is 18.5 Å². The number of amides is 2. The molecule has 1 fully saturated rings. The molecule has 1 heterocycles. The number of rotatable bonds is 6. The van der Waals surface area contributed by atoms with Crippen molar-refractivity contribution in [3.05, 3.63) is 65.7 Å². The Morgan fingerprint density at radius 1 is 1.15 bits per heavy atom. The number of nitrogens with two attached hydrogens (primary N) is 1. The second-order valence-corrected chi connectivity index (χ2v) is 6.30. The zero-order valence-electron chi connectivity index (χ0n) is 14.9. The van der Waals surface area contributed by atoms with Crippen LogP contribution in [0, 0.1) is 0 Å². The minimum Gasteiger partial charge on any atom is -0.368 e. The topological polar surface area (TPSA) is 93.5 Å². The van der Waals surface area contributed by atoms with Crippen LogP contribution < -0.4 is 16.4 Å². The molecular formula is C20H24ClN3O3. The van der Waals surface area contributed by atoms with E-state index in [1.54, 1.807) is 24.3 Å². The first-order valence-electron chi connectivity index (χ1n) is 8.75. The molecule has 1 aliphatic rings. The second kappa shape index (κ2) is 10.1. The van der Waals surface area contributed by atoms with Crippen LogP contribution in [0.25, 0.3) is 0 Å². The molecule has 0 radical (unpaired) electrons. The Hall–Kier alpha value is -2.41. The standard InChI is InChI=1S/C20H23N3O3.ClH/c21-17(14-6-2-1-3-7-14)13-22-19(24)15-8-4-9-16(12-15)23-20(25)18-10-5-11-26-18;/h1-4,6-9,12,17-18H,5,10-11,13,21H2,(H,22,24)(H,23,25);1H. The van der Waals surface area contributed by atoms with Gasteiger partial charge in [-0.05, 0) is 36.6 Å². The van der Waals surface area contributed by atoms with Gasteiger partial charge in [-0.2, -0.15) is 0 Å². The van der Waals surface area contributed by atoms with E-state index in [2.05, 4.69) is 10.6 Å². The number of hydrogen-bond donors (Lipinski definition) is 3. The Morgan fingerprint density at radius 3 is 2.63 bits per heavy atom. The van der Waals surface area contributed by atoms with Crippen molar-refractivity contribution in [2.45, 2.75) is 25.0 Å². The summed E-state index contributed by atoms with van der Waals surface area (Å²) in [6, 6.07) is 16.2. The number of anilines is 1. The fraction of sp³-hybridized carbons (Fsp3) is 0.300. The smallest absolute Gasteiger partial charge is 0.253 e. The third-order valence-electron chi connectivity index (χ3n) is 4.32. The number of ether oxygens (including phenoxy) is 1. The fourth-order valence-electron chi connectivity index (χ4n) is 2.87. The summed E-state index contributed by atoms with van der Waals surface area (Å²) in [4.78, 5) is 24.5. The molecule has 0 saturated carbocycles. The lowest BCUT2D eigenvalue weighted by Crippen LogP contribution is -2.32. The van der Waals surface area contributed by atoms with Crippen LogP contribution in [0.4, 0.5) is 5.69 Å². The van der Waals surface area contributed by atoms with Gasteiger partial charge in [0, 0.05) is 30.4 Å². The summed E-state index contributed by atoms with van der Waals surface area (Å²) < 4.78 is 5.37. The lowest BCUT2D eigenvalue weighted by atomic mass is 10.1. The normalized spacial score (nSPS) is 16.9. The van der Waals surface area contributed by atoms with Gasteiger partial charge in [-0.3, -0.25) is 9.59 Å². The first-order valence-corrected chi connectivity index (χ1v) is 8.75. The van der Waals surface area contributed by atoms with E-state index < -0.39 is 6.10 Å². The SMILES string of the molecule is Cl.NC(CNC(=O)c1cccc(NC(=O)C2CCCO2)c1)c1ccccc1. The second-order valence-electron chi connectivity index (χ2n) is 6.30. The number of carbonyl (C=O) groups is 2. The number of benzene rings is 2. The van der Waals surface area contributed by atoms with Crippen molar-refractivity contribution in [1.82, 2.24) is 5.32 Å². The molecule has 27 heavy (non-hydrogen) atoms.